The second-order valence-corrected chi connectivity index (χ2v) is 12.5. The lowest BCUT2D eigenvalue weighted by Gasteiger charge is -2.30. The molecule has 0 bridgehead atoms. The highest BCUT2D eigenvalue weighted by Crippen LogP contribution is 2.33. The molecule has 2 fully saturated rings. The maximum absolute atomic E-state index is 12.8. The third-order valence-electron chi connectivity index (χ3n) is 7.46. The summed E-state index contributed by atoms with van der Waals surface area (Å²) in [6, 6.07) is 10.7. The van der Waals surface area contributed by atoms with Gasteiger partial charge in [0.2, 0.25) is 21.8 Å². The van der Waals surface area contributed by atoms with Crippen molar-refractivity contribution in [3.8, 4) is 0 Å². The molecule has 13 nitrogen and oxygen atoms in total. The van der Waals surface area contributed by atoms with E-state index in [1.165, 1.54) is 19.1 Å². The third-order valence-corrected chi connectivity index (χ3v) is 8.99. The van der Waals surface area contributed by atoms with E-state index in [4.69, 9.17) is 0 Å². The summed E-state index contributed by atoms with van der Waals surface area (Å²) in [5, 5.41) is 32.2. The molecule has 5 N–H and O–H groups in total. The van der Waals surface area contributed by atoms with E-state index in [2.05, 4.69) is 20.5 Å². The number of piperidine rings is 1. The molecule has 3 amide bonds. The molecule has 0 radical (unpaired) electrons. The largest absolute Gasteiger partial charge is 0.465 e. The number of hydrogen-bond acceptors (Lipinski definition) is 8. The number of carbonyl (C=O) groups excluding carboxylic acids is 2. The van der Waals surface area contributed by atoms with Gasteiger partial charge in [0, 0.05) is 19.6 Å². The minimum Gasteiger partial charge on any atom is -0.465 e. The molecule has 4 rings (SSSR count). The number of hydrazone groups is 1. The van der Waals surface area contributed by atoms with Gasteiger partial charge in [-0.05, 0) is 67.9 Å². The van der Waals surface area contributed by atoms with Crippen molar-refractivity contribution in [1.82, 2.24) is 25.3 Å². The molecule has 0 spiro atoms. The van der Waals surface area contributed by atoms with Gasteiger partial charge < -0.3 is 20.8 Å². The summed E-state index contributed by atoms with van der Waals surface area (Å²) in [7, 11) is -4.02. The fourth-order valence-corrected chi connectivity index (χ4v) is 6.02. The molecule has 14 heteroatoms. The number of aliphatic hydroxyl groups excluding tert-OH is 1. The average molecular weight is 603 g/mol. The van der Waals surface area contributed by atoms with Gasteiger partial charge in [-0.15, -0.1) is 0 Å². The van der Waals surface area contributed by atoms with Crippen LogP contribution < -0.4 is 15.4 Å². The predicted molar refractivity (Wildman–Crippen MR) is 156 cm³/mol. The van der Waals surface area contributed by atoms with Crippen LogP contribution in [0.5, 0.6) is 0 Å². The minimum absolute atomic E-state index is 0.00418. The van der Waals surface area contributed by atoms with Crippen LogP contribution in [0.2, 0.25) is 0 Å². The van der Waals surface area contributed by atoms with Gasteiger partial charge in [0.05, 0.1) is 23.0 Å². The van der Waals surface area contributed by atoms with Crippen LogP contribution in [0, 0.1) is 11.8 Å². The van der Waals surface area contributed by atoms with Crippen LogP contribution in [0.25, 0.3) is 10.8 Å². The smallest absolute Gasteiger partial charge is 0.414 e. The number of aliphatic hydroxyl groups is 1. The molecule has 0 aromatic heterocycles. The molecule has 1 heterocycles. The summed E-state index contributed by atoms with van der Waals surface area (Å²) in [4.78, 5) is 37.7. The Hall–Kier alpha value is -3.75. The molecular weight excluding hydrogens is 564 g/mol. The van der Waals surface area contributed by atoms with E-state index in [1.54, 1.807) is 23.2 Å². The van der Waals surface area contributed by atoms with Crippen LogP contribution >= 0.6 is 0 Å². The first-order chi connectivity index (χ1) is 20.0. The fraction of sp³-hybridized carbons (Fsp3) is 0.500. The van der Waals surface area contributed by atoms with Gasteiger partial charge in [-0.2, -0.15) is 9.82 Å². The lowest BCUT2D eigenvalue weighted by Crippen LogP contribution is -2.48. The first-order valence-electron chi connectivity index (χ1n) is 14.1. The maximum Gasteiger partial charge on any atom is 0.414 e. The number of nitrogens with zero attached hydrogens (tertiary/aromatic N) is 3. The van der Waals surface area contributed by atoms with Crippen molar-refractivity contribution < 1.29 is 33.0 Å². The zero-order valence-electron chi connectivity index (χ0n) is 23.5. The molecule has 2 aliphatic rings. The highest BCUT2D eigenvalue weighted by Gasteiger charge is 2.30. The number of carbonyl (C=O) groups is 3. The average Bonchev–Trinajstić information content (AvgIpc) is 3.82. The number of benzene rings is 2. The highest BCUT2D eigenvalue weighted by molar-refractivity contribution is 7.89. The summed E-state index contributed by atoms with van der Waals surface area (Å²) < 4.78 is 28.0. The standard InChI is InChI=1S/C28H38N6O7S/c1-19(32-42(40,41)24-11-10-20-5-2-3-6-22(20)15-24)26(36)30-17-33(28(38)39)18-31-34-14-4-7-23(16-34)27(37)29-13-12-25(35)21-8-9-21/h2-3,5-6,10-11,15,18-19,21,23,25,32,35H,4,7-9,12-14,16-17H2,1H3,(H,29,37)(H,30,36)(H,38,39)/t19?,23-,25-/m0/s1. The molecular formula is C28H38N6O7S. The third kappa shape index (κ3) is 8.63. The molecule has 1 saturated carbocycles. The Kier molecular flexibility index (Phi) is 10.4. The lowest BCUT2D eigenvalue weighted by atomic mass is 9.98. The SMILES string of the molecule is CC(NS(=O)(=O)c1ccc2ccccc2c1)C(=O)NCN(C=NN1CCC[C@H](C(=O)NCC[C@H](O)C2CC2)C1)C(=O)O. The van der Waals surface area contributed by atoms with E-state index in [9.17, 15) is 33.0 Å². The number of amides is 3. The van der Waals surface area contributed by atoms with E-state index in [-0.39, 0.29) is 22.8 Å². The van der Waals surface area contributed by atoms with Crippen molar-refractivity contribution in [1.29, 1.82) is 0 Å². The topological polar surface area (TPSA) is 181 Å². The Bertz CT molecular complexity index is 1410. The van der Waals surface area contributed by atoms with Crippen molar-refractivity contribution in [2.24, 2.45) is 16.9 Å². The molecule has 1 aliphatic carbocycles. The molecule has 1 unspecified atom stereocenters. The van der Waals surface area contributed by atoms with Crippen molar-refractivity contribution in [3.63, 3.8) is 0 Å². The van der Waals surface area contributed by atoms with E-state index < -0.39 is 34.7 Å². The van der Waals surface area contributed by atoms with Crippen LogP contribution in [0.4, 0.5) is 4.79 Å². The van der Waals surface area contributed by atoms with Crippen LogP contribution in [-0.4, -0.2) is 91.2 Å². The van der Waals surface area contributed by atoms with Crippen LogP contribution in [0.15, 0.2) is 52.5 Å². The second-order valence-electron chi connectivity index (χ2n) is 10.8. The van der Waals surface area contributed by atoms with Gasteiger partial charge in [0.1, 0.15) is 13.0 Å². The van der Waals surface area contributed by atoms with E-state index >= 15 is 0 Å². The molecule has 2 aromatic rings. The Balaban J connectivity index is 1.25. The lowest BCUT2D eigenvalue weighted by molar-refractivity contribution is -0.127. The Morgan fingerprint density at radius 3 is 2.57 bits per heavy atom. The Morgan fingerprint density at radius 1 is 1.12 bits per heavy atom. The molecule has 1 aliphatic heterocycles. The van der Waals surface area contributed by atoms with Crippen LogP contribution in [0.3, 0.4) is 0 Å². The van der Waals surface area contributed by atoms with Crippen molar-refractivity contribution in [2.45, 2.75) is 56.1 Å². The fourth-order valence-electron chi connectivity index (χ4n) is 4.78. The number of rotatable bonds is 13. The maximum atomic E-state index is 12.8. The summed E-state index contributed by atoms with van der Waals surface area (Å²) in [5.74, 6) is -0.810. The van der Waals surface area contributed by atoms with Gasteiger partial charge >= 0.3 is 6.09 Å². The van der Waals surface area contributed by atoms with Gasteiger partial charge in [-0.3, -0.25) is 14.6 Å². The first-order valence-corrected chi connectivity index (χ1v) is 15.5. The predicted octanol–water partition coefficient (Wildman–Crippen LogP) is 1.49. The Morgan fingerprint density at radius 2 is 1.86 bits per heavy atom. The molecule has 3 atom stereocenters. The van der Waals surface area contributed by atoms with Crippen LogP contribution in [-0.2, 0) is 19.6 Å². The molecule has 42 heavy (non-hydrogen) atoms. The van der Waals surface area contributed by atoms with Gasteiger partial charge in [0.25, 0.3) is 0 Å². The van der Waals surface area contributed by atoms with Crippen molar-refractivity contribution >= 4 is 45.0 Å². The van der Waals surface area contributed by atoms with E-state index in [0.717, 1.165) is 34.9 Å². The Labute approximate surface area is 245 Å². The molecule has 2 aromatic carbocycles. The normalized spacial score (nSPS) is 18.9. The summed E-state index contributed by atoms with van der Waals surface area (Å²) in [5.41, 5.74) is 0. The number of sulfonamides is 1. The summed E-state index contributed by atoms with van der Waals surface area (Å²) in [6.45, 7) is 2.15. The second kappa shape index (κ2) is 13.9. The summed E-state index contributed by atoms with van der Waals surface area (Å²) >= 11 is 0. The van der Waals surface area contributed by atoms with Crippen LogP contribution in [0.1, 0.15) is 39.0 Å². The minimum atomic E-state index is -4.02. The molecule has 1 saturated heterocycles. The zero-order chi connectivity index (χ0) is 30.3. The number of hydrogen-bond donors (Lipinski definition) is 5. The number of fused-ring (bicyclic) bond motifs is 1. The quantitative estimate of drug-likeness (QED) is 0.130. The first kappa shape index (κ1) is 31.2. The molecule has 228 valence electrons. The highest BCUT2D eigenvalue weighted by atomic mass is 32.2. The summed E-state index contributed by atoms with van der Waals surface area (Å²) in [6.07, 6.45) is 3.26. The van der Waals surface area contributed by atoms with Gasteiger partial charge in [-0.1, -0.05) is 30.3 Å². The van der Waals surface area contributed by atoms with Crippen molar-refractivity contribution in [3.05, 3.63) is 42.5 Å². The zero-order valence-corrected chi connectivity index (χ0v) is 24.3. The monoisotopic (exact) mass is 602 g/mol. The van der Waals surface area contributed by atoms with Gasteiger partial charge in [-0.25, -0.2) is 18.1 Å². The van der Waals surface area contributed by atoms with Gasteiger partial charge in [0.15, 0.2) is 0 Å². The van der Waals surface area contributed by atoms with Crippen molar-refractivity contribution in [2.75, 3.05) is 26.3 Å². The van der Waals surface area contributed by atoms with E-state index in [0.29, 0.717) is 44.8 Å². The number of nitrogens with one attached hydrogen (secondary N) is 3. The number of carboxylic acid groups (broad SMARTS) is 1. The van der Waals surface area contributed by atoms with E-state index in [1.807, 2.05) is 12.1 Å².